The van der Waals surface area contributed by atoms with E-state index in [0.717, 1.165) is 25.9 Å². The first-order chi connectivity index (χ1) is 18.2. The summed E-state index contributed by atoms with van der Waals surface area (Å²) in [6.45, 7) is 5.97. The SMILES string of the molecule is CCCCCCCCCCCC/N=C1\N/C(=N/CCCCCCCCCCCC)c2c(O)ccc(O)c21. The van der Waals surface area contributed by atoms with Crippen LogP contribution in [0, 0.1) is 0 Å². The van der Waals surface area contributed by atoms with Gasteiger partial charge >= 0.3 is 0 Å². The van der Waals surface area contributed by atoms with Crippen LogP contribution in [0.1, 0.15) is 153 Å². The summed E-state index contributed by atoms with van der Waals surface area (Å²) in [6, 6.07) is 3.08. The minimum absolute atomic E-state index is 0.145. The number of hydrogen-bond donors (Lipinski definition) is 3. The second kappa shape index (κ2) is 20.0. The zero-order valence-corrected chi connectivity index (χ0v) is 24.0. The Hall–Kier alpha value is -2.04. The van der Waals surface area contributed by atoms with Crippen LogP contribution in [-0.4, -0.2) is 35.0 Å². The molecular weight excluding hydrogens is 458 g/mol. The highest BCUT2D eigenvalue weighted by atomic mass is 16.3. The first kappa shape index (κ1) is 31.2. The van der Waals surface area contributed by atoms with Gasteiger partial charge in [0.2, 0.25) is 0 Å². The Morgan fingerprint density at radius 2 is 0.784 bits per heavy atom. The molecular formula is C32H55N3O2. The molecule has 5 nitrogen and oxygen atoms in total. The molecule has 5 heteroatoms. The molecule has 3 N–H and O–H groups in total. The maximum absolute atomic E-state index is 10.5. The average Bonchev–Trinajstić information content (AvgIpc) is 3.27. The number of hydrogen-bond acceptors (Lipinski definition) is 4. The molecule has 0 aliphatic carbocycles. The standard InChI is InChI=1S/C32H55N3O2/c1-3-5-7-9-11-13-15-17-19-21-25-33-31-29-27(36)23-24-28(37)30(29)32(35-31)34-26-22-20-18-16-14-12-10-8-6-4-2/h23-24,36-37H,3-22,25-26H2,1-2H3,(H,33,34,35). The lowest BCUT2D eigenvalue weighted by molar-refractivity contribution is 0.459. The predicted octanol–water partition coefficient (Wildman–Crippen LogP) is 9.04. The van der Waals surface area contributed by atoms with E-state index in [1.807, 2.05) is 0 Å². The van der Waals surface area contributed by atoms with Gasteiger partial charge in [-0.3, -0.25) is 9.98 Å². The van der Waals surface area contributed by atoms with Crippen molar-refractivity contribution in [2.24, 2.45) is 9.98 Å². The van der Waals surface area contributed by atoms with Crippen LogP contribution < -0.4 is 5.32 Å². The third-order valence-electron chi connectivity index (χ3n) is 7.43. The zero-order valence-electron chi connectivity index (χ0n) is 24.0. The molecule has 1 aromatic rings. The molecule has 0 saturated carbocycles. The largest absolute Gasteiger partial charge is 0.507 e. The van der Waals surface area contributed by atoms with E-state index in [2.05, 4.69) is 19.2 Å². The van der Waals surface area contributed by atoms with Crippen LogP contribution in [0.15, 0.2) is 22.1 Å². The maximum atomic E-state index is 10.5. The lowest BCUT2D eigenvalue weighted by Crippen LogP contribution is -2.23. The number of aliphatic imine (C=N–C) groups is 2. The highest BCUT2D eigenvalue weighted by molar-refractivity contribution is 6.27. The molecule has 0 bridgehead atoms. The smallest absolute Gasteiger partial charge is 0.138 e. The summed E-state index contributed by atoms with van der Waals surface area (Å²) in [4.78, 5) is 9.49. The molecule has 0 saturated heterocycles. The molecule has 0 atom stereocenters. The fourth-order valence-corrected chi connectivity index (χ4v) is 5.11. The molecule has 2 rings (SSSR count). The number of rotatable bonds is 22. The fourth-order valence-electron chi connectivity index (χ4n) is 5.11. The van der Waals surface area contributed by atoms with Crippen molar-refractivity contribution in [3.8, 4) is 11.5 Å². The number of phenolic OH excluding ortho intramolecular Hbond substituents is 2. The quantitative estimate of drug-likeness (QED) is 0.107. The number of amidine groups is 2. The number of aromatic hydroxyl groups is 2. The van der Waals surface area contributed by atoms with Crippen molar-refractivity contribution >= 4 is 11.7 Å². The first-order valence-electron chi connectivity index (χ1n) is 15.6. The van der Waals surface area contributed by atoms with E-state index in [1.54, 1.807) is 0 Å². The Bertz CT molecular complexity index is 738. The molecule has 1 heterocycles. The van der Waals surface area contributed by atoms with E-state index < -0.39 is 0 Å². The average molecular weight is 514 g/mol. The van der Waals surface area contributed by atoms with Crippen molar-refractivity contribution in [3.63, 3.8) is 0 Å². The van der Waals surface area contributed by atoms with Crippen LogP contribution in [0.3, 0.4) is 0 Å². The van der Waals surface area contributed by atoms with E-state index >= 15 is 0 Å². The minimum Gasteiger partial charge on any atom is -0.507 e. The van der Waals surface area contributed by atoms with Crippen molar-refractivity contribution in [2.75, 3.05) is 13.1 Å². The summed E-state index contributed by atoms with van der Waals surface area (Å²) < 4.78 is 0. The van der Waals surface area contributed by atoms with Crippen LogP contribution in [0.5, 0.6) is 11.5 Å². The lowest BCUT2D eigenvalue weighted by atomic mass is 10.1. The van der Waals surface area contributed by atoms with Crippen LogP contribution >= 0.6 is 0 Å². The molecule has 0 radical (unpaired) electrons. The third-order valence-corrected chi connectivity index (χ3v) is 7.43. The monoisotopic (exact) mass is 513 g/mol. The number of fused-ring (bicyclic) bond motifs is 1. The second-order valence-electron chi connectivity index (χ2n) is 10.8. The van der Waals surface area contributed by atoms with Crippen molar-refractivity contribution < 1.29 is 10.2 Å². The van der Waals surface area contributed by atoms with Gasteiger partial charge in [-0.05, 0) is 25.0 Å². The topological polar surface area (TPSA) is 77.2 Å². The van der Waals surface area contributed by atoms with Crippen molar-refractivity contribution in [1.29, 1.82) is 0 Å². The van der Waals surface area contributed by atoms with Crippen molar-refractivity contribution in [2.45, 2.75) is 142 Å². The summed E-state index contributed by atoms with van der Waals surface area (Å²) in [7, 11) is 0. The van der Waals surface area contributed by atoms with Crippen LogP contribution in [-0.2, 0) is 0 Å². The van der Waals surface area contributed by atoms with E-state index in [1.165, 1.54) is 128 Å². The Morgan fingerprint density at radius 1 is 0.486 bits per heavy atom. The van der Waals surface area contributed by atoms with Gasteiger partial charge in [0.05, 0.1) is 11.1 Å². The molecule has 0 unspecified atom stereocenters. The van der Waals surface area contributed by atoms with Gasteiger partial charge in [0.15, 0.2) is 0 Å². The molecule has 210 valence electrons. The number of benzene rings is 1. The maximum Gasteiger partial charge on any atom is 0.138 e. The Balaban J connectivity index is 1.71. The molecule has 0 amide bonds. The summed E-state index contributed by atoms with van der Waals surface area (Å²) in [5.41, 5.74) is 1.18. The van der Waals surface area contributed by atoms with Gasteiger partial charge in [0.1, 0.15) is 23.2 Å². The lowest BCUT2D eigenvalue weighted by Gasteiger charge is -2.04. The van der Waals surface area contributed by atoms with Gasteiger partial charge in [-0.15, -0.1) is 0 Å². The molecule has 0 spiro atoms. The van der Waals surface area contributed by atoms with E-state index in [0.29, 0.717) is 22.8 Å². The first-order valence-corrected chi connectivity index (χ1v) is 15.6. The Morgan fingerprint density at radius 3 is 1.11 bits per heavy atom. The highest BCUT2D eigenvalue weighted by Crippen LogP contribution is 2.33. The van der Waals surface area contributed by atoms with Crippen LogP contribution in [0.4, 0.5) is 0 Å². The summed E-state index contributed by atoms with van der Waals surface area (Å²) in [6.07, 6.45) is 25.9. The van der Waals surface area contributed by atoms with Gasteiger partial charge in [-0.2, -0.15) is 0 Å². The van der Waals surface area contributed by atoms with Gasteiger partial charge in [0, 0.05) is 13.1 Å². The molecule has 0 aromatic heterocycles. The van der Waals surface area contributed by atoms with Crippen molar-refractivity contribution in [1.82, 2.24) is 5.32 Å². The summed E-state index contributed by atoms with van der Waals surface area (Å²) >= 11 is 0. The van der Waals surface area contributed by atoms with Crippen LogP contribution in [0.2, 0.25) is 0 Å². The Labute approximate surface area is 227 Å². The number of unbranched alkanes of at least 4 members (excludes halogenated alkanes) is 18. The molecule has 1 aromatic carbocycles. The van der Waals surface area contributed by atoms with Crippen molar-refractivity contribution in [3.05, 3.63) is 23.3 Å². The van der Waals surface area contributed by atoms with Gasteiger partial charge < -0.3 is 15.5 Å². The predicted molar refractivity (Wildman–Crippen MR) is 159 cm³/mol. The van der Waals surface area contributed by atoms with Gasteiger partial charge in [0.25, 0.3) is 0 Å². The molecule has 1 aliphatic rings. The molecule has 1 aliphatic heterocycles. The fraction of sp³-hybridized carbons (Fsp3) is 0.750. The second-order valence-corrected chi connectivity index (χ2v) is 10.8. The zero-order chi connectivity index (χ0) is 26.6. The minimum atomic E-state index is 0.145. The third kappa shape index (κ3) is 12.4. The van der Waals surface area contributed by atoms with E-state index in [-0.39, 0.29) is 11.5 Å². The number of phenols is 2. The Kier molecular flexibility index (Phi) is 16.8. The summed E-state index contributed by atoms with van der Waals surface area (Å²) in [5, 5.41) is 24.3. The number of nitrogens with zero attached hydrogens (tertiary/aromatic N) is 2. The van der Waals surface area contributed by atoms with E-state index in [4.69, 9.17) is 9.98 Å². The number of nitrogens with one attached hydrogen (secondary N) is 1. The van der Waals surface area contributed by atoms with Crippen LogP contribution in [0.25, 0.3) is 0 Å². The van der Waals surface area contributed by atoms with Gasteiger partial charge in [-0.1, -0.05) is 129 Å². The normalized spacial score (nSPS) is 15.0. The molecule has 37 heavy (non-hydrogen) atoms. The summed E-state index contributed by atoms with van der Waals surface area (Å²) in [5.74, 6) is 1.57. The van der Waals surface area contributed by atoms with Gasteiger partial charge in [-0.25, -0.2) is 0 Å². The highest BCUT2D eigenvalue weighted by Gasteiger charge is 2.29. The van der Waals surface area contributed by atoms with E-state index in [9.17, 15) is 10.2 Å². The molecule has 0 fully saturated rings.